The number of hydrogen-bond acceptors (Lipinski definition) is 3. The van der Waals surface area contributed by atoms with Crippen LogP contribution in [0.25, 0.3) is 0 Å². The van der Waals surface area contributed by atoms with Gasteiger partial charge in [0.15, 0.2) is 5.78 Å². The number of rotatable bonds is 3. The summed E-state index contributed by atoms with van der Waals surface area (Å²) in [5.74, 6) is -0.868. The lowest BCUT2D eigenvalue weighted by Gasteiger charge is -1.99. The third-order valence-corrected chi connectivity index (χ3v) is 3.11. The monoisotopic (exact) mass is 311 g/mol. The lowest BCUT2D eigenvalue weighted by Crippen LogP contribution is -2.17. The van der Waals surface area contributed by atoms with Gasteiger partial charge in [-0.3, -0.25) is 14.4 Å². The number of benzene rings is 2. The Bertz CT molecular complexity index is 720. The Morgan fingerprint density at radius 3 is 1.74 bits per heavy atom. The molecule has 0 aliphatic heterocycles. The minimum Gasteiger partial charge on any atom is -0.355 e. The van der Waals surface area contributed by atoms with Crippen molar-refractivity contribution in [2.45, 2.75) is 20.8 Å². The van der Waals surface area contributed by atoms with Crippen LogP contribution in [-0.2, 0) is 4.79 Å². The zero-order chi connectivity index (χ0) is 17.4. The van der Waals surface area contributed by atoms with Crippen LogP contribution < -0.4 is 5.32 Å². The Labute approximate surface area is 136 Å². The van der Waals surface area contributed by atoms with Crippen molar-refractivity contribution in [2.24, 2.45) is 0 Å². The summed E-state index contributed by atoms with van der Waals surface area (Å²) in [5.41, 5.74) is 3.28. The quantitative estimate of drug-likeness (QED) is 0.699. The highest BCUT2D eigenvalue weighted by molar-refractivity contribution is 6.42. The molecule has 4 nitrogen and oxygen atoms in total. The van der Waals surface area contributed by atoms with Crippen molar-refractivity contribution in [3.05, 3.63) is 70.8 Å². The number of carbonyl (C=O) groups excluding carboxylic acids is 3. The first-order chi connectivity index (χ1) is 10.8. The molecule has 0 spiro atoms. The van der Waals surface area contributed by atoms with Gasteiger partial charge in [-0.15, -0.1) is 0 Å². The van der Waals surface area contributed by atoms with Crippen molar-refractivity contribution in [1.29, 1.82) is 0 Å². The maximum atomic E-state index is 11.1. The summed E-state index contributed by atoms with van der Waals surface area (Å²) in [6.07, 6.45) is 0. The van der Waals surface area contributed by atoms with E-state index in [4.69, 9.17) is 0 Å². The Hall–Kier alpha value is -2.75. The fourth-order valence-corrected chi connectivity index (χ4v) is 1.92. The second-order valence-electron chi connectivity index (χ2n) is 5.20. The molecular weight excluding hydrogens is 290 g/mol. The molecule has 0 aliphatic carbocycles. The van der Waals surface area contributed by atoms with Gasteiger partial charge >= 0.3 is 0 Å². The van der Waals surface area contributed by atoms with Crippen LogP contribution >= 0.6 is 0 Å². The van der Waals surface area contributed by atoms with Gasteiger partial charge in [-0.25, -0.2) is 0 Å². The first-order valence-corrected chi connectivity index (χ1v) is 7.26. The number of carbonyl (C=O) groups is 3. The van der Waals surface area contributed by atoms with Crippen LogP contribution in [0.5, 0.6) is 0 Å². The minimum absolute atomic E-state index is 0.0336. The average Bonchev–Trinajstić information content (AvgIpc) is 2.54. The highest BCUT2D eigenvalue weighted by Crippen LogP contribution is 2.05. The van der Waals surface area contributed by atoms with Crippen molar-refractivity contribution >= 4 is 17.5 Å². The molecule has 0 saturated carbocycles. The van der Waals surface area contributed by atoms with E-state index in [0.717, 1.165) is 11.1 Å². The second-order valence-corrected chi connectivity index (χ2v) is 5.20. The number of ketones is 2. The molecule has 0 aliphatic rings. The number of aryl methyl sites for hydroxylation is 2. The van der Waals surface area contributed by atoms with E-state index in [-0.39, 0.29) is 5.91 Å². The van der Waals surface area contributed by atoms with E-state index in [1.54, 1.807) is 31.3 Å². The standard InChI is InChI=1S/C10H10O2.C9H11NO/c1-7-4-3-5-9(6-7)10(12)8(2)11;1-7-4-3-5-8(6-7)9(11)10-2/h3-6H,1-2H3;3-6H,1-2H3,(H,10,11). The molecule has 0 unspecified atom stereocenters. The van der Waals surface area contributed by atoms with Gasteiger partial charge in [-0.05, 0) is 32.0 Å². The normalized spacial score (nSPS) is 9.39. The summed E-state index contributed by atoms with van der Waals surface area (Å²) in [4.78, 5) is 32.9. The molecule has 0 atom stereocenters. The topological polar surface area (TPSA) is 63.2 Å². The van der Waals surface area contributed by atoms with Gasteiger partial charge in [0.2, 0.25) is 5.78 Å². The SMILES string of the molecule is CC(=O)C(=O)c1cccc(C)c1.CNC(=O)c1cccc(C)c1. The van der Waals surface area contributed by atoms with Crippen LogP contribution in [0.3, 0.4) is 0 Å². The van der Waals surface area contributed by atoms with E-state index >= 15 is 0 Å². The predicted octanol–water partition coefficient (Wildman–Crippen LogP) is 3.12. The first-order valence-electron chi connectivity index (χ1n) is 7.26. The van der Waals surface area contributed by atoms with Gasteiger partial charge < -0.3 is 5.32 Å². The van der Waals surface area contributed by atoms with Crippen molar-refractivity contribution in [3.8, 4) is 0 Å². The molecule has 23 heavy (non-hydrogen) atoms. The molecule has 120 valence electrons. The summed E-state index contributed by atoms with van der Waals surface area (Å²) >= 11 is 0. The Balaban J connectivity index is 0.000000231. The van der Waals surface area contributed by atoms with E-state index in [0.29, 0.717) is 11.1 Å². The summed E-state index contributed by atoms with van der Waals surface area (Å²) in [7, 11) is 1.63. The van der Waals surface area contributed by atoms with Gasteiger partial charge in [0, 0.05) is 25.1 Å². The molecule has 0 radical (unpaired) electrons. The summed E-state index contributed by atoms with van der Waals surface area (Å²) in [6, 6.07) is 14.5. The number of amides is 1. The Morgan fingerprint density at radius 2 is 1.30 bits per heavy atom. The van der Waals surface area contributed by atoms with Crippen molar-refractivity contribution < 1.29 is 14.4 Å². The third-order valence-electron chi connectivity index (χ3n) is 3.11. The molecule has 0 bridgehead atoms. The van der Waals surface area contributed by atoms with E-state index in [1.165, 1.54) is 6.92 Å². The average molecular weight is 311 g/mol. The molecule has 0 fully saturated rings. The van der Waals surface area contributed by atoms with Crippen LogP contribution in [-0.4, -0.2) is 24.5 Å². The van der Waals surface area contributed by atoms with Crippen molar-refractivity contribution in [3.63, 3.8) is 0 Å². The van der Waals surface area contributed by atoms with Gasteiger partial charge in [-0.1, -0.05) is 41.5 Å². The first kappa shape index (κ1) is 18.3. The zero-order valence-electron chi connectivity index (χ0n) is 13.8. The molecule has 0 heterocycles. The maximum Gasteiger partial charge on any atom is 0.251 e. The molecule has 1 amide bonds. The highest BCUT2D eigenvalue weighted by Gasteiger charge is 2.09. The number of Topliss-reactive ketones (excluding diaryl/α,β-unsaturated/α-hetero) is 2. The van der Waals surface area contributed by atoms with Crippen LogP contribution in [0, 0.1) is 13.8 Å². The summed E-state index contributed by atoms with van der Waals surface area (Å²) in [5, 5.41) is 2.57. The van der Waals surface area contributed by atoms with Crippen LogP contribution in [0.15, 0.2) is 48.5 Å². The number of nitrogens with one attached hydrogen (secondary N) is 1. The van der Waals surface area contributed by atoms with E-state index < -0.39 is 11.6 Å². The summed E-state index contributed by atoms with van der Waals surface area (Å²) in [6.45, 7) is 5.13. The second kappa shape index (κ2) is 8.63. The van der Waals surface area contributed by atoms with Gasteiger partial charge in [0.25, 0.3) is 5.91 Å². The molecule has 4 heteroatoms. The Kier molecular flexibility index (Phi) is 6.87. The molecule has 2 aromatic carbocycles. The minimum atomic E-state index is -0.418. The van der Waals surface area contributed by atoms with E-state index in [1.807, 2.05) is 38.1 Å². The molecule has 2 rings (SSSR count). The van der Waals surface area contributed by atoms with Gasteiger partial charge in [0.1, 0.15) is 0 Å². The molecule has 2 aromatic rings. The number of hydrogen-bond donors (Lipinski definition) is 1. The highest BCUT2D eigenvalue weighted by atomic mass is 16.2. The largest absolute Gasteiger partial charge is 0.355 e. The molecular formula is C19H21NO3. The molecule has 1 N–H and O–H groups in total. The van der Waals surface area contributed by atoms with Crippen LogP contribution in [0.1, 0.15) is 38.8 Å². The van der Waals surface area contributed by atoms with Crippen LogP contribution in [0.2, 0.25) is 0 Å². The van der Waals surface area contributed by atoms with E-state index in [9.17, 15) is 14.4 Å². The third kappa shape index (κ3) is 5.87. The Morgan fingerprint density at radius 1 is 0.826 bits per heavy atom. The fourth-order valence-electron chi connectivity index (χ4n) is 1.92. The van der Waals surface area contributed by atoms with Gasteiger partial charge in [0.05, 0.1) is 0 Å². The van der Waals surface area contributed by atoms with E-state index in [2.05, 4.69) is 5.32 Å². The summed E-state index contributed by atoms with van der Waals surface area (Å²) < 4.78 is 0. The van der Waals surface area contributed by atoms with Gasteiger partial charge in [-0.2, -0.15) is 0 Å². The molecule has 0 aromatic heterocycles. The van der Waals surface area contributed by atoms with Crippen molar-refractivity contribution in [2.75, 3.05) is 7.05 Å². The maximum absolute atomic E-state index is 11.1. The lowest BCUT2D eigenvalue weighted by molar-refractivity contribution is -0.113. The smallest absolute Gasteiger partial charge is 0.251 e. The zero-order valence-corrected chi connectivity index (χ0v) is 13.8. The molecule has 0 saturated heterocycles. The van der Waals surface area contributed by atoms with Crippen LogP contribution in [0.4, 0.5) is 0 Å². The van der Waals surface area contributed by atoms with Crippen molar-refractivity contribution in [1.82, 2.24) is 5.32 Å². The predicted molar refractivity (Wildman–Crippen MR) is 90.8 cm³/mol. The fraction of sp³-hybridized carbons (Fsp3) is 0.211. The lowest BCUT2D eigenvalue weighted by atomic mass is 10.1.